The van der Waals surface area contributed by atoms with Crippen LogP contribution < -0.4 is 0 Å². The van der Waals surface area contributed by atoms with E-state index in [1.54, 1.807) is 11.3 Å². The summed E-state index contributed by atoms with van der Waals surface area (Å²) in [5.74, 6) is 0.853. The number of thiophene rings is 1. The van der Waals surface area contributed by atoms with Crippen LogP contribution >= 0.6 is 23.6 Å². The van der Waals surface area contributed by atoms with Gasteiger partial charge in [-0.2, -0.15) is 0 Å². The van der Waals surface area contributed by atoms with Crippen molar-refractivity contribution in [1.29, 1.82) is 0 Å². The van der Waals surface area contributed by atoms with E-state index in [9.17, 15) is 0 Å². The average Bonchev–Trinajstić information content (AvgIpc) is 2.82. The lowest BCUT2D eigenvalue weighted by Gasteiger charge is -2.03. The third kappa shape index (κ3) is 1.90. The Labute approximate surface area is 108 Å². The van der Waals surface area contributed by atoms with Gasteiger partial charge in [-0.05, 0) is 36.1 Å². The highest BCUT2D eigenvalue weighted by molar-refractivity contribution is 7.71. The Morgan fingerprint density at radius 3 is 2.94 bits per heavy atom. The summed E-state index contributed by atoms with van der Waals surface area (Å²) >= 11 is 7.03. The topological polar surface area (TPSA) is 28.7 Å². The third-order valence-corrected chi connectivity index (χ3v) is 3.87. The second-order valence-electron chi connectivity index (χ2n) is 3.87. The van der Waals surface area contributed by atoms with Crippen molar-refractivity contribution in [2.75, 3.05) is 0 Å². The summed E-state index contributed by atoms with van der Waals surface area (Å²) in [6.07, 6.45) is 0. The van der Waals surface area contributed by atoms with Crippen LogP contribution in [0.4, 0.5) is 0 Å². The van der Waals surface area contributed by atoms with Crippen molar-refractivity contribution in [1.82, 2.24) is 9.97 Å². The lowest BCUT2D eigenvalue weighted by Crippen LogP contribution is -1.90. The van der Waals surface area contributed by atoms with E-state index in [1.165, 1.54) is 10.4 Å². The smallest absolute Gasteiger partial charge is 0.137 e. The van der Waals surface area contributed by atoms with E-state index in [2.05, 4.69) is 45.7 Å². The minimum absolute atomic E-state index is 0.662. The molecule has 3 aromatic rings. The van der Waals surface area contributed by atoms with E-state index in [4.69, 9.17) is 12.2 Å². The van der Waals surface area contributed by atoms with Crippen LogP contribution in [0.1, 0.15) is 5.82 Å². The van der Waals surface area contributed by atoms with Crippen LogP contribution in [-0.2, 0) is 0 Å². The van der Waals surface area contributed by atoms with Crippen molar-refractivity contribution in [3.8, 4) is 10.4 Å². The van der Waals surface area contributed by atoms with E-state index >= 15 is 0 Å². The van der Waals surface area contributed by atoms with Crippen molar-refractivity contribution in [2.24, 2.45) is 0 Å². The Hall–Kier alpha value is -1.52. The second-order valence-corrected chi connectivity index (χ2v) is 5.20. The maximum atomic E-state index is 5.30. The molecule has 0 spiro atoms. The first kappa shape index (κ1) is 10.6. The largest absolute Gasteiger partial charge is 0.343 e. The van der Waals surface area contributed by atoms with Gasteiger partial charge in [-0.3, -0.25) is 0 Å². The van der Waals surface area contributed by atoms with E-state index in [-0.39, 0.29) is 0 Å². The molecule has 0 aliphatic carbocycles. The molecule has 0 aliphatic rings. The fraction of sp³-hybridized carbons (Fsp3) is 0.0769. The number of rotatable bonds is 1. The third-order valence-electron chi connectivity index (χ3n) is 2.64. The summed E-state index contributed by atoms with van der Waals surface area (Å²) in [7, 11) is 0. The quantitative estimate of drug-likeness (QED) is 0.658. The Bertz CT molecular complexity index is 727. The van der Waals surface area contributed by atoms with Gasteiger partial charge in [-0.1, -0.05) is 24.4 Å². The molecule has 0 aliphatic heterocycles. The van der Waals surface area contributed by atoms with Gasteiger partial charge in [0, 0.05) is 15.8 Å². The summed E-state index contributed by atoms with van der Waals surface area (Å²) in [5, 5.41) is 3.09. The van der Waals surface area contributed by atoms with Gasteiger partial charge in [0.2, 0.25) is 0 Å². The standard InChI is InChI=1S/C13H10N2S2/c1-8-14-11-5-4-9(12-3-2-6-17-12)7-10(11)13(16)15-8/h2-7H,1H3,(H,14,15,16). The van der Waals surface area contributed by atoms with Crippen LogP contribution in [0, 0.1) is 11.6 Å². The number of hydrogen-bond donors (Lipinski definition) is 1. The molecule has 3 rings (SSSR count). The zero-order valence-electron chi connectivity index (χ0n) is 9.23. The molecule has 0 amide bonds. The maximum Gasteiger partial charge on any atom is 0.137 e. The molecular weight excluding hydrogens is 248 g/mol. The number of benzene rings is 1. The van der Waals surface area contributed by atoms with Gasteiger partial charge >= 0.3 is 0 Å². The van der Waals surface area contributed by atoms with Gasteiger partial charge in [-0.15, -0.1) is 11.3 Å². The van der Waals surface area contributed by atoms with Gasteiger partial charge < -0.3 is 4.98 Å². The van der Waals surface area contributed by atoms with Crippen LogP contribution in [0.25, 0.3) is 21.3 Å². The van der Waals surface area contributed by atoms with Crippen molar-refractivity contribution in [2.45, 2.75) is 6.92 Å². The van der Waals surface area contributed by atoms with E-state index in [0.29, 0.717) is 4.64 Å². The molecular formula is C13H10N2S2. The summed E-state index contributed by atoms with van der Waals surface area (Å²) in [4.78, 5) is 8.77. The minimum atomic E-state index is 0.662. The van der Waals surface area contributed by atoms with Gasteiger partial charge in [0.1, 0.15) is 10.5 Å². The summed E-state index contributed by atoms with van der Waals surface area (Å²) in [5.41, 5.74) is 2.24. The van der Waals surface area contributed by atoms with E-state index < -0.39 is 0 Å². The van der Waals surface area contributed by atoms with Crippen molar-refractivity contribution in [3.05, 3.63) is 46.2 Å². The summed E-state index contributed by atoms with van der Waals surface area (Å²) in [6.45, 7) is 1.92. The molecule has 4 heteroatoms. The lowest BCUT2D eigenvalue weighted by molar-refractivity contribution is 1.08. The minimum Gasteiger partial charge on any atom is -0.343 e. The number of aryl methyl sites for hydroxylation is 1. The lowest BCUT2D eigenvalue weighted by atomic mass is 10.1. The molecule has 0 saturated carbocycles. The number of nitrogens with one attached hydrogen (secondary N) is 1. The van der Waals surface area contributed by atoms with Crippen molar-refractivity contribution < 1.29 is 0 Å². The number of hydrogen-bond acceptors (Lipinski definition) is 3. The maximum absolute atomic E-state index is 5.30. The number of aromatic nitrogens is 2. The molecule has 84 valence electrons. The predicted octanol–water partition coefficient (Wildman–Crippen LogP) is 4.33. The normalized spacial score (nSPS) is 10.9. The van der Waals surface area contributed by atoms with Gasteiger partial charge in [0.05, 0.1) is 0 Å². The van der Waals surface area contributed by atoms with Crippen LogP contribution in [-0.4, -0.2) is 9.97 Å². The summed E-state index contributed by atoms with van der Waals surface area (Å²) < 4.78 is 0.662. The molecule has 2 heterocycles. The van der Waals surface area contributed by atoms with Crippen LogP contribution in [0.5, 0.6) is 0 Å². The first-order chi connectivity index (χ1) is 8.24. The van der Waals surface area contributed by atoms with E-state index in [1.807, 2.05) is 6.92 Å². The fourth-order valence-electron chi connectivity index (χ4n) is 1.86. The number of H-pyrrole nitrogens is 1. The van der Waals surface area contributed by atoms with Crippen LogP contribution in [0.15, 0.2) is 35.7 Å². The molecule has 0 bridgehead atoms. The zero-order chi connectivity index (χ0) is 11.8. The Kier molecular flexibility index (Phi) is 2.53. The molecule has 2 aromatic heterocycles. The first-order valence-electron chi connectivity index (χ1n) is 5.28. The molecule has 2 nitrogen and oxygen atoms in total. The van der Waals surface area contributed by atoms with Crippen molar-refractivity contribution >= 4 is 34.5 Å². The van der Waals surface area contributed by atoms with E-state index in [0.717, 1.165) is 16.7 Å². The van der Waals surface area contributed by atoms with Crippen molar-refractivity contribution in [3.63, 3.8) is 0 Å². The van der Waals surface area contributed by atoms with Crippen LogP contribution in [0.2, 0.25) is 0 Å². The molecule has 17 heavy (non-hydrogen) atoms. The zero-order valence-corrected chi connectivity index (χ0v) is 10.9. The second kappa shape index (κ2) is 4.05. The molecule has 0 radical (unpaired) electrons. The SMILES string of the molecule is Cc1nc(=S)c2cc(-c3cccs3)ccc2[nH]1. The molecule has 1 aromatic carbocycles. The Morgan fingerprint density at radius 1 is 1.29 bits per heavy atom. The average molecular weight is 258 g/mol. The monoisotopic (exact) mass is 258 g/mol. The molecule has 1 N–H and O–H groups in total. The Morgan fingerprint density at radius 2 is 2.18 bits per heavy atom. The number of nitrogens with zero attached hydrogens (tertiary/aromatic N) is 1. The highest BCUT2D eigenvalue weighted by atomic mass is 32.1. The highest BCUT2D eigenvalue weighted by Gasteiger charge is 2.03. The number of aromatic amines is 1. The molecule has 0 saturated heterocycles. The van der Waals surface area contributed by atoms with Gasteiger partial charge in [0.15, 0.2) is 0 Å². The highest BCUT2D eigenvalue weighted by Crippen LogP contribution is 2.27. The molecule has 0 fully saturated rings. The Balaban J connectivity index is 2.30. The fourth-order valence-corrected chi connectivity index (χ4v) is 2.89. The van der Waals surface area contributed by atoms with Gasteiger partial charge in [-0.25, -0.2) is 4.98 Å². The van der Waals surface area contributed by atoms with Crippen LogP contribution in [0.3, 0.4) is 0 Å². The first-order valence-corrected chi connectivity index (χ1v) is 6.57. The molecule has 0 atom stereocenters. The van der Waals surface area contributed by atoms with Gasteiger partial charge in [0.25, 0.3) is 0 Å². The summed E-state index contributed by atoms with van der Waals surface area (Å²) in [6, 6.07) is 10.4. The number of fused-ring (bicyclic) bond motifs is 1. The predicted molar refractivity (Wildman–Crippen MR) is 75.0 cm³/mol. The molecule has 0 unspecified atom stereocenters.